The van der Waals surface area contributed by atoms with E-state index in [1.807, 2.05) is 43.2 Å². The fraction of sp³-hybridized carbons (Fsp3) is 0.308. The van der Waals surface area contributed by atoms with Crippen LogP contribution in [0.1, 0.15) is 12.8 Å². The SMILES string of the molecule is C=O.OC(C1=CC=CC1)(C1=CC=CC1)C(Cl)Cl.[V]. The number of alkyl halides is 2. The average molecular weight is 324 g/mol. The maximum atomic E-state index is 10.6. The van der Waals surface area contributed by atoms with Crippen molar-refractivity contribution in [1.29, 1.82) is 0 Å². The van der Waals surface area contributed by atoms with Crippen LogP contribution in [0.2, 0.25) is 0 Å². The first-order valence-electron chi connectivity index (χ1n) is 5.17. The first-order valence-corrected chi connectivity index (χ1v) is 6.04. The molecule has 0 aromatic rings. The number of carbonyl (C=O) groups is 1. The second-order valence-corrected chi connectivity index (χ2v) is 4.81. The number of rotatable bonds is 3. The number of hydrogen-bond acceptors (Lipinski definition) is 2. The Morgan fingerprint density at radius 3 is 1.72 bits per heavy atom. The molecule has 0 aromatic carbocycles. The molecule has 18 heavy (non-hydrogen) atoms. The van der Waals surface area contributed by atoms with E-state index in [1.165, 1.54) is 0 Å². The molecule has 2 rings (SSSR count). The van der Waals surface area contributed by atoms with E-state index in [0.717, 1.165) is 11.1 Å². The Labute approximate surface area is 129 Å². The Bertz CT molecular complexity index is 368. The predicted octanol–water partition coefficient (Wildman–Crippen LogP) is 3.11. The van der Waals surface area contributed by atoms with Crippen LogP contribution in [0, 0.1) is 0 Å². The normalized spacial score (nSPS) is 16.9. The zero-order chi connectivity index (χ0) is 12.9. The standard InChI is InChI=1S/C12H12Cl2O.CH2O.V/c13-11(14)12(15,9-5-1-2-6-9)10-7-3-4-8-10;1-2;/h1-5,7,11,15H,6,8H2;1H2;. The van der Waals surface area contributed by atoms with Crippen LogP contribution in [0.15, 0.2) is 47.6 Å². The van der Waals surface area contributed by atoms with Crippen LogP contribution in [0.25, 0.3) is 0 Å². The van der Waals surface area contributed by atoms with Crippen LogP contribution in [0.5, 0.6) is 0 Å². The van der Waals surface area contributed by atoms with Gasteiger partial charge in [0.25, 0.3) is 0 Å². The average Bonchev–Trinajstić information content (AvgIpc) is 3.03. The fourth-order valence-electron chi connectivity index (χ4n) is 1.95. The molecule has 0 saturated heterocycles. The van der Waals surface area contributed by atoms with Crippen LogP contribution in [-0.4, -0.2) is 22.3 Å². The van der Waals surface area contributed by atoms with Crippen LogP contribution in [-0.2, 0) is 23.4 Å². The second-order valence-electron chi connectivity index (χ2n) is 3.72. The summed E-state index contributed by atoms with van der Waals surface area (Å²) in [5, 5.41) is 10.6. The molecule has 2 nitrogen and oxygen atoms in total. The third-order valence-electron chi connectivity index (χ3n) is 2.84. The number of aliphatic hydroxyl groups is 1. The van der Waals surface area contributed by atoms with Crippen molar-refractivity contribution >= 4 is 30.0 Å². The molecular weight excluding hydrogens is 310 g/mol. The number of halogens is 2. The first-order chi connectivity index (χ1) is 8.15. The molecule has 2 aliphatic carbocycles. The van der Waals surface area contributed by atoms with Crippen molar-refractivity contribution in [3.05, 3.63) is 47.6 Å². The van der Waals surface area contributed by atoms with Gasteiger partial charge in [-0.1, -0.05) is 36.5 Å². The minimum Gasteiger partial charge on any atom is -0.378 e. The topological polar surface area (TPSA) is 37.3 Å². The largest absolute Gasteiger partial charge is 0.378 e. The van der Waals surface area contributed by atoms with E-state index in [4.69, 9.17) is 28.0 Å². The molecule has 0 aliphatic heterocycles. The van der Waals surface area contributed by atoms with Gasteiger partial charge in [0.15, 0.2) is 0 Å². The predicted molar refractivity (Wildman–Crippen MR) is 71.2 cm³/mol. The Morgan fingerprint density at radius 1 is 1.11 bits per heavy atom. The summed E-state index contributed by atoms with van der Waals surface area (Å²) < 4.78 is 0. The Hall–Kier alpha value is -0.246. The second kappa shape index (κ2) is 8.03. The fourth-order valence-corrected chi connectivity index (χ4v) is 2.51. The minimum atomic E-state index is -1.21. The molecule has 0 bridgehead atoms. The van der Waals surface area contributed by atoms with E-state index in [0.29, 0.717) is 12.8 Å². The Kier molecular flexibility index (Phi) is 7.92. The molecule has 0 atom stereocenters. The van der Waals surface area contributed by atoms with Gasteiger partial charge in [0, 0.05) is 18.6 Å². The van der Waals surface area contributed by atoms with E-state index < -0.39 is 10.4 Å². The van der Waals surface area contributed by atoms with Crippen LogP contribution >= 0.6 is 23.2 Å². The van der Waals surface area contributed by atoms with Gasteiger partial charge in [-0.25, -0.2) is 0 Å². The molecule has 2 aliphatic rings. The van der Waals surface area contributed by atoms with E-state index >= 15 is 0 Å². The number of hydrogen-bond donors (Lipinski definition) is 1. The summed E-state index contributed by atoms with van der Waals surface area (Å²) in [5.41, 5.74) is 0.524. The van der Waals surface area contributed by atoms with Crippen molar-refractivity contribution in [2.24, 2.45) is 0 Å². The summed E-state index contributed by atoms with van der Waals surface area (Å²) in [7, 11) is 0. The number of carbonyl (C=O) groups excluding carboxylic acids is 1. The van der Waals surface area contributed by atoms with Gasteiger partial charge >= 0.3 is 0 Å². The molecule has 0 spiro atoms. The molecule has 0 saturated carbocycles. The molecule has 0 heterocycles. The van der Waals surface area contributed by atoms with Gasteiger partial charge in [0.05, 0.1) is 0 Å². The molecule has 0 unspecified atom stereocenters. The molecule has 1 radical (unpaired) electrons. The van der Waals surface area contributed by atoms with Gasteiger partial charge in [-0.15, -0.1) is 23.2 Å². The molecular formula is C13H14Cl2O2V. The van der Waals surface area contributed by atoms with Crippen molar-refractivity contribution in [3.8, 4) is 0 Å². The van der Waals surface area contributed by atoms with Crippen molar-refractivity contribution in [1.82, 2.24) is 0 Å². The quantitative estimate of drug-likeness (QED) is 0.810. The van der Waals surface area contributed by atoms with Crippen LogP contribution < -0.4 is 0 Å². The monoisotopic (exact) mass is 323 g/mol. The third kappa shape index (κ3) is 3.40. The van der Waals surface area contributed by atoms with E-state index in [1.54, 1.807) is 0 Å². The smallest absolute Gasteiger partial charge is 0.144 e. The molecule has 1 N–H and O–H groups in total. The summed E-state index contributed by atoms with van der Waals surface area (Å²) in [5.74, 6) is 0. The van der Waals surface area contributed by atoms with Crippen LogP contribution in [0.4, 0.5) is 0 Å². The molecule has 0 amide bonds. The van der Waals surface area contributed by atoms with E-state index in [-0.39, 0.29) is 18.6 Å². The van der Waals surface area contributed by atoms with Gasteiger partial charge in [-0.3, -0.25) is 0 Å². The van der Waals surface area contributed by atoms with E-state index in [2.05, 4.69) is 0 Å². The van der Waals surface area contributed by atoms with Gasteiger partial charge in [-0.05, 0) is 24.0 Å². The van der Waals surface area contributed by atoms with Gasteiger partial charge in [-0.2, -0.15) is 0 Å². The Morgan fingerprint density at radius 2 is 1.50 bits per heavy atom. The first kappa shape index (κ1) is 17.8. The summed E-state index contributed by atoms with van der Waals surface area (Å²) in [6.45, 7) is 2.00. The maximum absolute atomic E-state index is 10.6. The maximum Gasteiger partial charge on any atom is 0.144 e. The molecule has 0 aromatic heterocycles. The Balaban J connectivity index is 0.000000917. The van der Waals surface area contributed by atoms with Crippen molar-refractivity contribution in [2.45, 2.75) is 23.3 Å². The molecule has 5 heteroatoms. The molecule has 97 valence electrons. The van der Waals surface area contributed by atoms with Gasteiger partial charge in [0.1, 0.15) is 17.2 Å². The number of allylic oxidation sites excluding steroid dienone is 6. The van der Waals surface area contributed by atoms with Crippen LogP contribution in [0.3, 0.4) is 0 Å². The third-order valence-corrected chi connectivity index (χ3v) is 3.47. The van der Waals surface area contributed by atoms with Gasteiger partial charge < -0.3 is 9.90 Å². The minimum absolute atomic E-state index is 0. The summed E-state index contributed by atoms with van der Waals surface area (Å²) >= 11 is 11.8. The molecule has 0 fully saturated rings. The summed E-state index contributed by atoms with van der Waals surface area (Å²) in [4.78, 5) is 7.16. The zero-order valence-corrected chi connectivity index (χ0v) is 12.6. The zero-order valence-electron chi connectivity index (χ0n) is 9.72. The van der Waals surface area contributed by atoms with Crippen molar-refractivity contribution in [2.75, 3.05) is 0 Å². The van der Waals surface area contributed by atoms with Crippen molar-refractivity contribution < 1.29 is 28.5 Å². The summed E-state index contributed by atoms with van der Waals surface area (Å²) in [6.07, 6.45) is 13.0. The van der Waals surface area contributed by atoms with Crippen molar-refractivity contribution in [3.63, 3.8) is 0 Å². The van der Waals surface area contributed by atoms with Gasteiger partial charge in [0.2, 0.25) is 0 Å². The summed E-state index contributed by atoms with van der Waals surface area (Å²) in [6, 6.07) is 0. The van der Waals surface area contributed by atoms with E-state index in [9.17, 15) is 5.11 Å².